The molecule has 2 amide bonds. The number of amides is 2. The number of nitrogens with zero attached hydrogens (tertiary/aromatic N) is 1. The molecule has 2 N–H and O–H groups in total. The smallest absolute Gasteiger partial charge is 0.325 e. The number of carbonyl (C=O) groups is 3. The van der Waals surface area contributed by atoms with E-state index in [-0.39, 0.29) is 24.8 Å². The molecule has 0 aliphatic heterocycles. The van der Waals surface area contributed by atoms with Gasteiger partial charge in [0.1, 0.15) is 12.1 Å². The van der Waals surface area contributed by atoms with Gasteiger partial charge in [0.2, 0.25) is 5.91 Å². The molecular weight excluding hydrogens is 322 g/mol. The van der Waals surface area contributed by atoms with Crippen LogP contribution in [0.4, 0.5) is 0 Å². The molecule has 0 fully saturated rings. The molecule has 0 unspecified atom stereocenters. The Hall–Kier alpha value is -2.88. The summed E-state index contributed by atoms with van der Waals surface area (Å²) >= 11 is 0. The Balaban J connectivity index is 2.32. The third-order valence-corrected chi connectivity index (χ3v) is 3.79. The van der Waals surface area contributed by atoms with Crippen molar-refractivity contribution in [3.8, 4) is 6.07 Å². The second kappa shape index (κ2) is 9.42. The zero-order chi connectivity index (χ0) is 18.9. The van der Waals surface area contributed by atoms with Crippen LogP contribution in [0.1, 0.15) is 26.3 Å². The SMILES string of the molecule is CC(C)[C@@](C)(C#N)NC(=O)COC(=O)CNC(=O)Cc1ccccc1. The molecule has 0 aliphatic carbocycles. The third kappa shape index (κ3) is 7.04. The van der Waals surface area contributed by atoms with E-state index < -0.39 is 24.0 Å². The summed E-state index contributed by atoms with van der Waals surface area (Å²) in [5, 5.41) is 14.1. The van der Waals surface area contributed by atoms with E-state index in [0.717, 1.165) is 5.56 Å². The maximum Gasteiger partial charge on any atom is 0.325 e. The number of ether oxygens (including phenoxy) is 1. The Bertz CT molecular complexity index is 652. The molecule has 1 aromatic carbocycles. The predicted molar refractivity (Wildman–Crippen MR) is 91.1 cm³/mol. The average Bonchev–Trinajstić information content (AvgIpc) is 2.58. The van der Waals surface area contributed by atoms with Gasteiger partial charge in [-0.05, 0) is 18.4 Å². The molecule has 7 nitrogen and oxygen atoms in total. The molecule has 25 heavy (non-hydrogen) atoms. The fourth-order valence-electron chi connectivity index (χ4n) is 1.84. The van der Waals surface area contributed by atoms with Gasteiger partial charge in [-0.15, -0.1) is 0 Å². The lowest BCUT2D eigenvalue weighted by Gasteiger charge is -2.27. The number of esters is 1. The van der Waals surface area contributed by atoms with Gasteiger partial charge in [-0.2, -0.15) is 5.26 Å². The molecule has 134 valence electrons. The standard InChI is InChI=1S/C18H23N3O4/c1-13(2)18(3,12-19)21-16(23)11-25-17(24)10-20-15(22)9-14-7-5-4-6-8-14/h4-8,13H,9-11H2,1-3H3,(H,20,22)(H,21,23)/t18-/m1/s1. The van der Waals surface area contributed by atoms with Crippen molar-refractivity contribution in [3.63, 3.8) is 0 Å². The molecule has 1 aromatic rings. The largest absolute Gasteiger partial charge is 0.454 e. The van der Waals surface area contributed by atoms with E-state index in [1.165, 1.54) is 0 Å². The molecule has 0 spiro atoms. The molecule has 0 bridgehead atoms. The van der Waals surface area contributed by atoms with E-state index in [2.05, 4.69) is 10.6 Å². The molecule has 0 aliphatic rings. The van der Waals surface area contributed by atoms with Gasteiger partial charge in [-0.3, -0.25) is 14.4 Å². The normalized spacial score (nSPS) is 12.6. The first-order chi connectivity index (χ1) is 11.8. The van der Waals surface area contributed by atoms with Crippen LogP contribution in [0, 0.1) is 17.2 Å². The zero-order valence-electron chi connectivity index (χ0n) is 14.7. The first kappa shape index (κ1) is 20.2. The molecule has 7 heteroatoms. The van der Waals surface area contributed by atoms with Crippen molar-refractivity contribution < 1.29 is 19.1 Å². The van der Waals surface area contributed by atoms with E-state index in [4.69, 9.17) is 10.00 Å². The second-order valence-electron chi connectivity index (χ2n) is 6.12. The Kier molecular flexibility index (Phi) is 7.60. The summed E-state index contributed by atoms with van der Waals surface area (Å²) in [5.41, 5.74) is -0.204. The lowest BCUT2D eigenvalue weighted by atomic mass is 9.90. The van der Waals surface area contributed by atoms with Gasteiger partial charge >= 0.3 is 5.97 Å². The minimum Gasteiger partial charge on any atom is -0.454 e. The van der Waals surface area contributed by atoms with Gasteiger partial charge in [0.25, 0.3) is 5.91 Å². The number of carbonyl (C=O) groups excluding carboxylic acids is 3. The Morgan fingerprint density at radius 1 is 1.20 bits per heavy atom. The molecule has 1 atom stereocenters. The first-order valence-corrected chi connectivity index (χ1v) is 7.95. The molecule has 1 rings (SSSR count). The van der Waals surface area contributed by atoms with Crippen LogP contribution in [0.5, 0.6) is 0 Å². The van der Waals surface area contributed by atoms with Gasteiger partial charge < -0.3 is 15.4 Å². The summed E-state index contributed by atoms with van der Waals surface area (Å²) < 4.78 is 4.80. The van der Waals surface area contributed by atoms with E-state index in [1.807, 2.05) is 36.4 Å². The summed E-state index contributed by atoms with van der Waals surface area (Å²) in [7, 11) is 0. The fourth-order valence-corrected chi connectivity index (χ4v) is 1.84. The monoisotopic (exact) mass is 345 g/mol. The topological polar surface area (TPSA) is 108 Å². The molecule has 0 radical (unpaired) electrons. The highest BCUT2D eigenvalue weighted by molar-refractivity contribution is 5.85. The van der Waals surface area contributed by atoms with E-state index >= 15 is 0 Å². The number of nitriles is 1. The van der Waals surface area contributed by atoms with Crippen molar-refractivity contribution >= 4 is 17.8 Å². The van der Waals surface area contributed by atoms with Crippen LogP contribution in [-0.4, -0.2) is 36.5 Å². The van der Waals surface area contributed by atoms with Gasteiger partial charge in [-0.1, -0.05) is 44.2 Å². The number of hydrogen-bond donors (Lipinski definition) is 2. The van der Waals surface area contributed by atoms with Crippen molar-refractivity contribution in [2.24, 2.45) is 5.92 Å². The molecular formula is C18H23N3O4. The van der Waals surface area contributed by atoms with Crippen LogP contribution < -0.4 is 10.6 Å². The average molecular weight is 345 g/mol. The van der Waals surface area contributed by atoms with Crippen molar-refractivity contribution in [1.29, 1.82) is 5.26 Å². The van der Waals surface area contributed by atoms with Gasteiger partial charge in [0.05, 0.1) is 12.5 Å². The van der Waals surface area contributed by atoms with Gasteiger partial charge in [0, 0.05) is 0 Å². The van der Waals surface area contributed by atoms with Crippen LogP contribution in [0.25, 0.3) is 0 Å². The highest BCUT2D eigenvalue weighted by atomic mass is 16.5. The number of nitrogens with one attached hydrogen (secondary N) is 2. The number of benzene rings is 1. The molecule has 0 heterocycles. The lowest BCUT2D eigenvalue weighted by Crippen LogP contribution is -2.50. The van der Waals surface area contributed by atoms with E-state index in [0.29, 0.717) is 0 Å². The summed E-state index contributed by atoms with van der Waals surface area (Å²) in [6.45, 7) is 4.38. The van der Waals surface area contributed by atoms with Crippen LogP contribution in [0.2, 0.25) is 0 Å². The van der Waals surface area contributed by atoms with Crippen molar-refractivity contribution in [1.82, 2.24) is 10.6 Å². The molecule has 0 aromatic heterocycles. The highest BCUT2D eigenvalue weighted by Crippen LogP contribution is 2.14. The van der Waals surface area contributed by atoms with E-state index in [9.17, 15) is 14.4 Å². The highest BCUT2D eigenvalue weighted by Gasteiger charge is 2.30. The van der Waals surface area contributed by atoms with E-state index in [1.54, 1.807) is 20.8 Å². The summed E-state index contributed by atoms with van der Waals surface area (Å²) in [6, 6.07) is 11.1. The minimum absolute atomic E-state index is 0.102. The van der Waals surface area contributed by atoms with Crippen molar-refractivity contribution in [3.05, 3.63) is 35.9 Å². The number of rotatable bonds is 8. The molecule has 0 saturated carbocycles. The Morgan fingerprint density at radius 2 is 1.84 bits per heavy atom. The lowest BCUT2D eigenvalue weighted by molar-refractivity contribution is -0.148. The zero-order valence-corrected chi connectivity index (χ0v) is 14.7. The van der Waals surface area contributed by atoms with Gasteiger partial charge in [-0.25, -0.2) is 0 Å². The maximum absolute atomic E-state index is 11.8. The maximum atomic E-state index is 11.8. The predicted octanol–water partition coefficient (Wildman–Crippen LogP) is 0.943. The fraction of sp³-hybridized carbons (Fsp3) is 0.444. The van der Waals surface area contributed by atoms with Gasteiger partial charge in [0.15, 0.2) is 6.61 Å². The first-order valence-electron chi connectivity index (χ1n) is 7.95. The quantitative estimate of drug-likeness (QED) is 0.682. The Morgan fingerprint density at radius 3 is 2.40 bits per heavy atom. The van der Waals surface area contributed by atoms with Crippen LogP contribution in [0.3, 0.4) is 0 Å². The summed E-state index contributed by atoms with van der Waals surface area (Å²) in [6.07, 6.45) is 0.156. The summed E-state index contributed by atoms with van der Waals surface area (Å²) in [4.78, 5) is 35.1. The van der Waals surface area contributed by atoms with Crippen LogP contribution >= 0.6 is 0 Å². The van der Waals surface area contributed by atoms with Crippen molar-refractivity contribution in [2.45, 2.75) is 32.7 Å². The third-order valence-electron chi connectivity index (χ3n) is 3.79. The summed E-state index contributed by atoms with van der Waals surface area (Å²) in [5.74, 6) is -1.71. The minimum atomic E-state index is -1.03. The molecule has 0 saturated heterocycles. The van der Waals surface area contributed by atoms with Crippen molar-refractivity contribution in [2.75, 3.05) is 13.2 Å². The number of hydrogen-bond acceptors (Lipinski definition) is 5. The second-order valence-corrected chi connectivity index (χ2v) is 6.12. The van der Waals surface area contributed by atoms with Crippen LogP contribution in [-0.2, 0) is 25.5 Å². The Labute approximate surface area is 147 Å². The van der Waals surface area contributed by atoms with Crippen LogP contribution in [0.15, 0.2) is 30.3 Å².